The molecule has 0 bridgehead atoms. The van der Waals surface area contributed by atoms with Crippen molar-refractivity contribution in [1.29, 1.82) is 0 Å². The van der Waals surface area contributed by atoms with Crippen molar-refractivity contribution in [2.75, 3.05) is 18.6 Å². The number of aryl methyl sites for hydroxylation is 1. The highest BCUT2D eigenvalue weighted by molar-refractivity contribution is 7.91. The SMILES string of the molecule is CN(C(=O)C1CCn2cncc2C1)C1CCS(=O)(=O)C1. The number of nitrogens with zero attached hydrogens (tertiary/aromatic N) is 3. The first-order chi connectivity index (χ1) is 9.46. The zero-order chi connectivity index (χ0) is 14.3. The lowest BCUT2D eigenvalue weighted by molar-refractivity contribution is -0.136. The fourth-order valence-electron chi connectivity index (χ4n) is 3.13. The molecule has 7 heteroatoms. The Morgan fingerprint density at radius 2 is 2.25 bits per heavy atom. The van der Waals surface area contributed by atoms with Gasteiger partial charge in [0.15, 0.2) is 9.84 Å². The first kappa shape index (κ1) is 13.6. The molecular formula is C13H19N3O3S. The number of rotatable bonds is 2. The molecule has 3 rings (SSSR count). The average molecular weight is 297 g/mol. The lowest BCUT2D eigenvalue weighted by atomic mass is 9.94. The minimum Gasteiger partial charge on any atom is -0.341 e. The molecule has 0 aliphatic carbocycles. The molecule has 2 aliphatic rings. The van der Waals surface area contributed by atoms with Gasteiger partial charge in [0.05, 0.1) is 17.8 Å². The van der Waals surface area contributed by atoms with E-state index in [-0.39, 0.29) is 29.4 Å². The number of sulfone groups is 1. The van der Waals surface area contributed by atoms with Gasteiger partial charge in [-0.3, -0.25) is 4.79 Å². The zero-order valence-corrected chi connectivity index (χ0v) is 12.3. The first-order valence-corrected chi connectivity index (χ1v) is 8.74. The third kappa shape index (κ3) is 2.46. The summed E-state index contributed by atoms with van der Waals surface area (Å²) in [7, 11) is -1.22. The molecule has 0 aromatic carbocycles. The van der Waals surface area contributed by atoms with E-state index in [9.17, 15) is 13.2 Å². The lowest BCUT2D eigenvalue weighted by Crippen LogP contribution is -2.43. The predicted molar refractivity (Wildman–Crippen MR) is 73.9 cm³/mol. The molecule has 20 heavy (non-hydrogen) atoms. The number of hydrogen-bond donors (Lipinski definition) is 0. The van der Waals surface area contributed by atoms with Crippen molar-refractivity contribution in [2.24, 2.45) is 5.92 Å². The Balaban J connectivity index is 1.68. The van der Waals surface area contributed by atoms with Crippen LogP contribution in [0.15, 0.2) is 12.5 Å². The molecule has 2 unspecified atom stereocenters. The molecule has 2 aliphatic heterocycles. The van der Waals surface area contributed by atoms with Gasteiger partial charge in [0.1, 0.15) is 0 Å². The minimum atomic E-state index is -2.95. The highest BCUT2D eigenvalue weighted by Gasteiger charge is 2.35. The summed E-state index contributed by atoms with van der Waals surface area (Å²) >= 11 is 0. The number of aromatic nitrogens is 2. The summed E-state index contributed by atoms with van der Waals surface area (Å²) < 4.78 is 25.1. The van der Waals surface area contributed by atoms with Gasteiger partial charge in [-0.1, -0.05) is 0 Å². The third-order valence-corrected chi connectivity index (χ3v) is 6.18. The van der Waals surface area contributed by atoms with Crippen molar-refractivity contribution in [3.8, 4) is 0 Å². The van der Waals surface area contributed by atoms with Gasteiger partial charge in [-0.25, -0.2) is 13.4 Å². The molecule has 1 aromatic rings. The quantitative estimate of drug-likeness (QED) is 0.775. The van der Waals surface area contributed by atoms with Crippen LogP contribution in [0, 0.1) is 5.92 Å². The molecular weight excluding hydrogens is 278 g/mol. The van der Waals surface area contributed by atoms with Crippen molar-refractivity contribution in [3.05, 3.63) is 18.2 Å². The van der Waals surface area contributed by atoms with Crippen molar-refractivity contribution < 1.29 is 13.2 Å². The summed E-state index contributed by atoms with van der Waals surface area (Å²) in [6.07, 6.45) is 5.66. The molecule has 110 valence electrons. The van der Waals surface area contributed by atoms with Crippen molar-refractivity contribution >= 4 is 15.7 Å². The molecule has 1 amide bonds. The summed E-state index contributed by atoms with van der Waals surface area (Å²) in [4.78, 5) is 18.3. The highest BCUT2D eigenvalue weighted by atomic mass is 32.2. The number of carbonyl (C=O) groups is 1. The van der Waals surface area contributed by atoms with Gasteiger partial charge < -0.3 is 9.47 Å². The van der Waals surface area contributed by atoms with Crippen molar-refractivity contribution in [3.63, 3.8) is 0 Å². The predicted octanol–water partition coefficient (Wildman–Crippen LogP) is 0.0910. The summed E-state index contributed by atoms with van der Waals surface area (Å²) in [5.41, 5.74) is 1.09. The van der Waals surface area contributed by atoms with E-state index in [2.05, 4.69) is 9.55 Å². The second kappa shape index (κ2) is 4.87. The number of fused-ring (bicyclic) bond motifs is 1. The summed E-state index contributed by atoms with van der Waals surface area (Å²) in [5, 5.41) is 0. The van der Waals surface area contributed by atoms with Gasteiger partial charge in [-0.2, -0.15) is 0 Å². The molecule has 3 heterocycles. The summed E-state index contributed by atoms with van der Waals surface area (Å²) in [5.74, 6) is 0.333. The van der Waals surface area contributed by atoms with Gasteiger partial charge in [0, 0.05) is 43.9 Å². The summed E-state index contributed by atoms with van der Waals surface area (Å²) in [6.45, 7) is 0.808. The normalized spacial score (nSPS) is 28.1. The van der Waals surface area contributed by atoms with E-state index in [0.29, 0.717) is 12.8 Å². The number of imidazole rings is 1. The largest absolute Gasteiger partial charge is 0.341 e. The standard InChI is InChI=1S/C13H19N3O3S/c1-15(11-3-5-20(18,19)8-11)13(17)10-2-4-16-9-14-7-12(16)6-10/h7,9-11H,2-6,8H2,1H3. The molecule has 0 spiro atoms. The third-order valence-electron chi connectivity index (χ3n) is 4.43. The van der Waals surface area contributed by atoms with Gasteiger partial charge in [-0.15, -0.1) is 0 Å². The van der Waals surface area contributed by atoms with Gasteiger partial charge >= 0.3 is 0 Å². The topological polar surface area (TPSA) is 72.3 Å². The van der Waals surface area contributed by atoms with E-state index < -0.39 is 9.84 Å². The van der Waals surface area contributed by atoms with Crippen LogP contribution < -0.4 is 0 Å². The highest BCUT2D eigenvalue weighted by Crippen LogP contribution is 2.24. The Morgan fingerprint density at radius 1 is 1.45 bits per heavy atom. The van der Waals surface area contributed by atoms with Crippen LogP contribution in [0.2, 0.25) is 0 Å². The Labute approximate surface area is 118 Å². The maximum absolute atomic E-state index is 12.5. The van der Waals surface area contributed by atoms with E-state index in [4.69, 9.17) is 0 Å². The van der Waals surface area contributed by atoms with Gasteiger partial charge in [-0.05, 0) is 12.8 Å². The average Bonchev–Trinajstić information content (AvgIpc) is 3.02. The molecule has 0 N–H and O–H groups in total. The van der Waals surface area contributed by atoms with Crippen molar-refractivity contribution in [2.45, 2.75) is 31.8 Å². The number of hydrogen-bond acceptors (Lipinski definition) is 4. The fourth-order valence-corrected chi connectivity index (χ4v) is 4.90. The van der Waals surface area contributed by atoms with Crippen LogP contribution in [0.1, 0.15) is 18.5 Å². The van der Waals surface area contributed by atoms with Gasteiger partial charge in [0.2, 0.25) is 5.91 Å². The second-order valence-electron chi connectivity index (χ2n) is 5.77. The van der Waals surface area contributed by atoms with Crippen molar-refractivity contribution in [1.82, 2.24) is 14.5 Å². The van der Waals surface area contributed by atoms with Crippen LogP contribution in [0.4, 0.5) is 0 Å². The van der Waals surface area contributed by atoms with Gasteiger partial charge in [0.25, 0.3) is 0 Å². The Hall–Kier alpha value is -1.37. The molecule has 6 nitrogen and oxygen atoms in total. The summed E-state index contributed by atoms with van der Waals surface area (Å²) in [6, 6.07) is -0.153. The fraction of sp³-hybridized carbons (Fsp3) is 0.692. The van der Waals surface area contributed by atoms with E-state index in [1.807, 2.05) is 0 Å². The van der Waals surface area contributed by atoms with E-state index in [1.165, 1.54) is 0 Å². The van der Waals surface area contributed by atoms with E-state index >= 15 is 0 Å². The second-order valence-corrected chi connectivity index (χ2v) is 8.00. The molecule has 1 fully saturated rings. The molecule has 1 saturated heterocycles. The molecule has 2 atom stereocenters. The minimum absolute atomic E-state index is 0.0486. The molecule has 0 saturated carbocycles. The van der Waals surface area contributed by atoms with Crippen LogP contribution >= 0.6 is 0 Å². The Bertz CT molecular complexity index is 623. The van der Waals surface area contributed by atoms with Crippen LogP contribution in [0.3, 0.4) is 0 Å². The number of amides is 1. The number of carbonyl (C=O) groups excluding carboxylic acids is 1. The maximum Gasteiger partial charge on any atom is 0.226 e. The monoisotopic (exact) mass is 297 g/mol. The van der Waals surface area contributed by atoms with E-state index in [0.717, 1.165) is 18.7 Å². The zero-order valence-electron chi connectivity index (χ0n) is 11.5. The molecule has 1 aromatic heterocycles. The first-order valence-electron chi connectivity index (χ1n) is 6.92. The van der Waals surface area contributed by atoms with E-state index in [1.54, 1.807) is 24.5 Å². The van der Waals surface area contributed by atoms with Crippen LogP contribution in [-0.4, -0.2) is 53.4 Å². The Kier molecular flexibility index (Phi) is 3.32. The van der Waals surface area contributed by atoms with Crippen LogP contribution in [-0.2, 0) is 27.6 Å². The lowest BCUT2D eigenvalue weighted by Gasteiger charge is -2.30. The van der Waals surface area contributed by atoms with Crippen LogP contribution in [0.25, 0.3) is 0 Å². The molecule has 0 radical (unpaired) electrons. The van der Waals surface area contributed by atoms with Crippen LogP contribution in [0.5, 0.6) is 0 Å². The Morgan fingerprint density at radius 3 is 2.95 bits per heavy atom. The maximum atomic E-state index is 12.5. The smallest absolute Gasteiger partial charge is 0.226 e.